The molecule has 4 amide bonds. The third-order valence-corrected chi connectivity index (χ3v) is 5.40. The van der Waals surface area contributed by atoms with Crippen LogP contribution in [0.15, 0.2) is 11.6 Å². The number of carboxylic acid groups (broad SMARTS) is 1. The maximum atomic E-state index is 12.5. The van der Waals surface area contributed by atoms with E-state index in [1.165, 1.54) is 6.08 Å². The van der Waals surface area contributed by atoms with Gasteiger partial charge in [-0.05, 0) is 19.3 Å². The summed E-state index contributed by atoms with van der Waals surface area (Å²) in [5.74, 6) is -2.75. The molecule has 8 N–H and O–H groups in total. The molecular weight excluding hydrogens is 396 g/mol. The van der Waals surface area contributed by atoms with E-state index >= 15 is 0 Å². The summed E-state index contributed by atoms with van der Waals surface area (Å²) in [6, 6.07) is -2.67. The van der Waals surface area contributed by atoms with Crippen molar-refractivity contribution in [1.82, 2.24) is 16.0 Å². The summed E-state index contributed by atoms with van der Waals surface area (Å²) in [7, 11) is 0. The van der Waals surface area contributed by atoms with E-state index in [1.54, 1.807) is 0 Å². The lowest BCUT2D eigenvalue weighted by Crippen LogP contribution is -2.55. The number of amides is 4. The fourth-order valence-electron chi connectivity index (χ4n) is 3.69. The first-order valence-electron chi connectivity index (χ1n) is 10.1. The standard InChI is InChI=1S/C19H30N4O7/c20-17(28)12(6-7-15(25)26)22-18(29)10-8-13(16(27)14(24)9-10)23-19(30)21-11-4-2-1-3-5-11/h8,11-14,16,24,27H,1-7,9H2,(H2,20,28)(H,22,29)(H,25,26)(H2,21,23,30)/t12-,13+,14+,16+/m0/s1. The first-order valence-corrected chi connectivity index (χ1v) is 10.1. The molecule has 1 fully saturated rings. The molecule has 1 saturated carbocycles. The van der Waals surface area contributed by atoms with Crippen LogP contribution in [-0.4, -0.2) is 69.5 Å². The molecule has 11 nitrogen and oxygen atoms in total. The lowest BCUT2D eigenvalue weighted by atomic mass is 9.89. The number of hydrogen-bond donors (Lipinski definition) is 7. The highest BCUT2D eigenvalue weighted by Crippen LogP contribution is 2.21. The van der Waals surface area contributed by atoms with Crippen LogP contribution in [0.5, 0.6) is 0 Å². The molecular formula is C19H30N4O7. The predicted molar refractivity (Wildman–Crippen MR) is 105 cm³/mol. The van der Waals surface area contributed by atoms with E-state index < -0.39 is 48.1 Å². The monoisotopic (exact) mass is 426 g/mol. The number of nitrogens with two attached hydrogens (primary N) is 1. The van der Waals surface area contributed by atoms with Crippen molar-refractivity contribution in [1.29, 1.82) is 0 Å². The highest BCUT2D eigenvalue weighted by molar-refractivity contribution is 5.97. The van der Waals surface area contributed by atoms with E-state index in [4.69, 9.17) is 10.8 Å². The average molecular weight is 426 g/mol. The van der Waals surface area contributed by atoms with Gasteiger partial charge in [-0.25, -0.2) is 4.79 Å². The van der Waals surface area contributed by atoms with Crippen molar-refractivity contribution >= 4 is 23.8 Å². The summed E-state index contributed by atoms with van der Waals surface area (Å²) in [6.07, 6.45) is 2.91. The highest BCUT2D eigenvalue weighted by atomic mass is 16.4. The molecule has 11 heteroatoms. The van der Waals surface area contributed by atoms with Gasteiger partial charge in [0.15, 0.2) is 0 Å². The van der Waals surface area contributed by atoms with Gasteiger partial charge in [0.1, 0.15) is 12.1 Å². The maximum absolute atomic E-state index is 12.5. The van der Waals surface area contributed by atoms with Crippen LogP contribution in [0.25, 0.3) is 0 Å². The number of carbonyl (C=O) groups is 4. The Balaban J connectivity index is 2.01. The van der Waals surface area contributed by atoms with E-state index in [2.05, 4.69) is 16.0 Å². The van der Waals surface area contributed by atoms with Crippen molar-refractivity contribution in [3.63, 3.8) is 0 Å². The molecule has 2 rings (SSSR count). The van der Waals surface area contributed by atoms with Crippen molar-refractivity contribution in [2.24, 2.45) is 5.73 Å². The van der Waals surface area contributed by atoms with Crippen LogP contribution in [0.3, 0.4) is 0 Å². The quantitative estimate of drug-likeness (QED) is 0.255. The molecule has 0 heterocycles. The molecule has 0 aromatic heterocycles. The summed E-state index contributed by atoms with van der Waals surface area (Å²) >= 11 is 0. The summed E-state index contributed by atoms with van der Waals surface area (Å²) in [6.45, 7) is 0. The fraction of sp³-hybridized carbons (Fsp3) is 0.684. The average Bonchev–Trinajstić information content (AvgIpc) is 2.68. The molecule has 168 valence electrons. The minimum atomic E-state index is -1.31. The second-order valence-corrected chi connectivity index (χ2v) is 7.79. The van der Waals surface area contributed by atoms with E-state index in [0.29, 0.717) is 0 Å². The fourth-order valence-corrected chi connectivity index (χ4v) is 3.69. The molecule has 0 unspecified atom stereocenters. The zero-order valence-electron chi connectivity index (χ0n) is 16.7. The summed E-state index contributed by atoms with van der Waals surface area (Å²) in [5, 5.41) is 36.8. The van der Waals surface area contributed by atoms with Crippen molar-refractivity contribution in [2.75, 3.05) is 0 Å². The molecule has 0 radical (unpaired) electrons. The van der Waals surface area contributed by atoms with E-state index in [-0.39, 0.29) is 30.9 Å². The Kier molecular flexibility index (Phi) is 8.60. The normalized spacial score (nSPS) is 25.5. The van der Waals surface area contributed by atoms with Crippen LogP contribution >= 0.6 is 0 Å². The number of carbonyl (C=O) groups excluding carboxylic acids is 3. The number of rotatable bonds is 8. The Morgan fingerprint density at radius 3 is 2.37 bits per heavy atom. The smallest absolute Gasteiger partial charge is 0.315 e. The minimum Gasteiger partial charge on any atom is -0.481 e. The number of hydrogen-bond acceptors (Lipinski definition) is 6. The van der Waals surface area contributed by atoms with Crippen LogP contribution < -0.4 is 21.7 Å². The lowest BCUT2D eigenvalue weighted by Gasteiger charge is -2.32. The Morgan fingerprint density at radius 2 is 1.77 bits per heavy atom. The van der Waals surface area contributed by atoms with Gasteiger partial charge in [-0.3, -0.25) is 14.4 Å². The van der Waals surface area contributed by atoms with Gasteiger partial charge in [0.05, 0.1) is 12.1 Å². The molecule has 2 aliphatic rings. The third-order valence-electron chi connectivity index (χ3n) is 5.40. The van der Waals surface area contributed by atoms with Crippen LogP contribution in [0, 0.1) is 0 Å². The second-order valence-electron chi connectivity index (χ2n) is 7.79. The molecule has 0 saturated heterocycles. The lowest BCUT2D eigenvalue weighted by molar-refractivity contribution is -0.137. The molecule has 0 aromatic rings. The van der Waals surface area contributed by atoms with Crippen LogP contribution in [0.2, 0.25) is 0 Å². The Bertz CT molecular complexity index is 690. The number of primary amides is 1. The van der Waals surface area contributed by atoms with Crippen LogP contribution in [-0.2, 0) is 14.4 Å². The molecule has 0 aliphatic heterocycles. The molecule has 4 atom stereocenters. The zero-order chi connectivity index (χ0) is 22.3. The van der Waals surface area contributed by atoms with E-state index in [0.717, 1.165) is 32.1 Å². The SMILES string of the molecule is NC(=O)[C@H](CCC(=O)O)NC(=O)C1=C[C@@H](NC(=O)NC2CCCCC2)[C@@H](O)[C@H](O)C1. The number of carboxylic acids is 1. The number of nitrogens with one attached hydrogen (secondary N) is 3. The van der Waals surface area contributed by atoms with Crippen molar-refractivity contribution in [2.45, 2.75) is 81.7 Å². The van der Waals surface area contributed by atoms with Gasteiger partial charge in [-0.2, -0.15) is 0 Å². The summed E-state index contributed by atoms with van der Waals surface area (Å²) in [5.41, 5.74) is 5.26. The summed E-state index contributed by atoms with van der Waals surface area (Å²) < 4.78 is 0. The van der Waals surface area contributed by atoms with Crippen LogP contribution in [0.1, 0.15) is 51.4 Å². The Hall–Kier alpha value is -2.66. The van der Waals surface area contributed by atoms with E-state index in [1.807, 2.05) is 0 Å². The molecule has 2 aliphatic carbocycles. The van der Waals surface area contributed by atoms with Crippen molar-refractivity contribution in [3.05, 3.63) is 11.6 Å². The Labute approximate surface area is 174 Å². The van der Waals surface area contributed by atoms with Gasteiger partial charge in [-0.15, -0.1) is 0 Å². The first-order chi connectivity index (χ1) is 14.2. The zero-order valence-corrected chi connectivity index (χ0v) is 16.7. The topological polar surface area (TPSA) is 191 Å². The number of aliphatic carboxylic acids is 1. The van der Waals surface area contributed by atoms with Crippen molar-refractivity contribution < 1.29 is 34.5 Å². The molecule has 0 aromatic carbocycles. The largest absolute Gasteiger partial charge is 0.481 e. The minimum absolute atomic E-state index is 0.0433. The maximum Gasteiger partial charge on any atom is 0.315 e. The molecule has 0 bridgehead atoms. The highest BCUT2D eigenvalue weighted by Gasteiger charge is 2.34. The third kappa shape index (κ3) is 6.99. The van der Waals surface area contributed by atoms with Crippen LogP contribution in [0.4, 0.5) is 4.79 Å². The van der Waals surface area contributed by atoms with Gasteiger partial charge in [0.2, 0.25) is 11.8 Å². The van der Waals surface area contributed by atoms with Gasteiger partial charge >= 0.3 is 12.0 Å². The molecule has 30 heavy (non-hydrogen) atoms. The first kappa shape index (κ1) is 23.6. The van der Waals surface area contributed by atoms with Gasteiger partial charge < -0.3 is 37.0 Å². The predicted octanol–water partition coefficient (Wildman–Crippen LogP) is -1.13. The van der Waals surface area contributed by atoms with Gasteiger partial charge in [0, 0.05) is 24.5 Å². The van der Waals surface area contributed by atoms with Gasteiger partial charge in [-0.1, -0.05) is 25.3 Å². The van der Waals surface area contributed by atoms with E-state index in [9.17, 15) is 29.4 Å². The van der Waals surface area contributed by atoms with Gasteiger partial charge in [0.25, 0.3) is 0 Å². The Morgan fingerprint density at radius 1 is 1.10 bits per heavy atom. The number of urea groups is 1. The second kappa shape index (κ2) is 10.9. The molecule has 0 spiro atoms. The number of aliphatic hydroxyl groups is 2. The number of aliphatic hydroxyl groups excluding tert-OH is 2. The van der Waals surface area contributed by atoms with Crippen molar-refractivity contribution in [3.8, 4) is 0 Å². The summed E-state index contributed by atoms with van der Waals surface area (Å²) in [4.78, 5) is 46.9.